The Labute approximate surface area is 169 Å². The molecule has 148 valence electrons. The van der Waals surface area contributed by atoms with Gasteiger partial charge in [-0.1, -0.05) is 93.0 Å². The number of carbonyl (C=O) groups is 1. The van der Waals surface area contributed by atoms with Crippen LogP contribution in [0.5, 0.6) is 0 Å². The second-order valence-electron chi connectivity index (χ2n) is 6.83. The first-order chi connectivity index (χ1) is 12.2. The van der Waals surface area contributed by atoms with Crippen molar-refractivity contribution in [1.29, 1.82) is 0 Å². The molecule has 0 saturated heterocycles. The van der Waals surface area contributed by atoms with Crippen molar-refractivity contribution in [2.45, 2.75) is 103 Å². The van der Waals surface area contributed by atoms with Gasteiger partial charge in [0.2, 0.25) is 0 Å². The molecule has 0 aliphatic rings. The van der Waals surface area contributed by atoms with Gasteiger partial charge in [0.05, 0.1) is 6.10 Å². The summed E-state index contributed by atoms with van der Waals surface area (Å²) in [6.45, 7) is 2.39. The highest BCUT2D eigenvalue weighted by Gasteiger charge is 2.06. The van der Waals surface area contributed by atoms with E-state index in [0.29, 0.717) is 10.8 Å². The quantitative estimate of drug-likeness (QED) is 0.0840. The highest BCUT2D eigenvalue weighted by Crippen LogP contribution is 2.10. The van der Waals surface area contributed by atoms with E-state index in [1.807, 2.05) is 0 Å². The largest absolute Gasteiger partial charge is 0.463 e. The van der Waals surface area contributed by atoms with Crippen LogP contribution in [-0.4, -0.2) is 28.2 Å². The van der Waals surface area contributed by atoms with Gasteiger partial charge < -0.3 is 9.84 Å². The fraction of sp³-hybridized carbons (Fsp3) is 0.857. The number of halogens is 1. The maximum Gasteiger partial charge on any atom is 0.305 e. The predicted octanol–water partition coefficient (Wildman–Crippen LogP) is 6.36. The van der Waals surface area contributed by atoms with Crippen molar-refractivity contribution < 1.29 is 14.6 Å². The third-order valence-electron chi connectivity index (χ3n) is 4.26. The van der Waals surface area contributed by atoms with Gasteiger partial charge in [0, 0.05) is 10.8 Å². The summed E-state index contributed by atoms with van der Waals surface area (Å²) in [5, 5.41) is 9.32. The summed E-state index contributed by atoms with van der Waals surface area (Å²) in [7, 11) is 0. The fourth-order valence-electron chi connectivity index (χ4n) is 2.65. The van der Waals surface area contributed by atoms with E-state index < -0.39 is 6.10 Å². The average Bonchev–Trinajstić information content (AvgIpc) is 2.62. The average molecular weight is 466 g/mol. The number of unbranched alkanes of at least 4 members (excludes halogenated alkanes) is 11. The molecule has 0 heterocycles. The van der Waals surface area contributed by atoms with Crippen molar-refractivity contribution in [3.63, 3.8) is 0 Å². The standard InChI is InChI=1S/C21H39IO3/c1-2-3-4-5-6-7-8-9-10-11-12-13-14-15-16-17-21(24)25-19-20(23)18-22/h9-10,20,23H,2-8,11-19H2,1H3/b10-9-/t20-/m1/s1. The first-order valence-electron chi connectivity index (χ1n) is 10.2. The fourth-order valence-corrected chi connectivity index (χ4v) is 2.90. The molecule has 0 aromatic heterocycles. The molecule has 1 N–H and O–H groups in total. The van der Waals surface area contributed by atoms with Crippen molar-refractivity contribution in [3.8, 4) is 0 Å². The Hall–Kier alpha value is -0.100. The smallest absolute Gasteiger partial charge is 0.305 e. The van der Waals surface area contributed by atoms with Crippen LogP contribution in [-0.2, 0) is 9.53 Å². The van der Waals surface area contributed by atoms with Crippen LogP contribution in [0.1, 0.15) is 96.8 Å². The molecule has 0 amide bonds. The van der Waals surface area contributed by atoms with E-state index in [1.165, 1.54) is 70.6 Å². The normalized spacial score (nSPS) is 12.6. The molecular weight excluding hydrogens is 427 g/mol. The van der Waals surface area contributed by atoms with E-state index in [9.17, 15) is 9.90 Å². The molecular formula is C21H39IO3. The lowest BCUT2D eigenvalue weighted by atomic mass is 10.1. The molecule has 0 bridgehead atoms. The summed E-state index contributed by atoms with van der Waals surface area (Å²) in [6.07, 6.45) is 20.9. The van der Waals surface area contributed by atoms with Gasteiger partial charge in [-0.05, 0) is 32.1 Å². The Bertz CT molecular complexity index is 318. The van der Waals surface area contributed by atoms with Gasteiger partial charge in [0.15, 0.2) is 0 Å². The first kappa shape index (κ1) is 24.9. The molecule has 0 fully saturated rings. The van der Waals surface area contributed by atoms with E-state index in [-0.39, 0.29) is 12.6 Å². The highest BCUT2D eigenvalue weighted by molar-refractivity contribution is 14.1. The van der Waals surface area contributed by atoms with E-state index in [0.717, 1.165) is 12.8 Å². The Morgan fingerprint density at radius 1 is 0.920 bits per heavy atom. The summed E-state index contributed by atoms with van der Waals surface area (Å²) in [5.74, 6) is -0.179. The molecule has 0 aromatic carbocycles. The number of rotatable bonds is 18. The van der Waals surface area contributed by atoms with Crippen LogP contribution in [0.4, 0.5) is 0 Å². The minimum atomic E-state index is -0.529. The van der Waals surface area contributed by atoms with Gasteiger partial charge in [-0.3, -0.25) is 4.79 Å². The number of aliphatic hydroxyl groups is 1. The molecule has 4 heteroatoms. The molecule has 25 heavy (non-hydrogen) atoms. The number of allylic oxidation sites excluding steroid dienone is 2. The zero-order valence-corrected chi connectivity index (χ0v) is 18.3. The van der Waals surface area contributed by atoms with Crippen LogP contribution in [0.25, 0.3) is 0 Å². The van der Waals surface area contributed by atoms with Crippen molar-refractivity contribution >= 4 is 28.6 Å². The van der Waals surface area contributed by atoms with Crippen LogP contribution >= 0.6 is 22.6 Å². The number of alkyl halides is 1. The van der Waals surface area contributed by atoms with Crippen LogP contribution < -0.4 is 0 Å². The Balaban J connectivity index is 3.22. The number of aliphatic hydroxyl groups excluding tert-OH is 1. The third-order valence-corrected chi connectivity index (χ3v) is 5.27. The van der Waals surface area contributed by atoms with E-state index in [1.54, 1.807) is 0 Å². The SMILES string of the molecule is CCCCCCCC/C=C\CCCCCCCC(=O)OC[C@H](O)CI. The molecule has 0 unspecified atom stereocenters. The van der Waals surface area contributed by atoms with Crippen molar-refractivity contribution in [1.82, 2.24) is 0 Å². The number of hydrogen-bond acceptors (Lipinski definition) is 3. The minimum Gasteiger partial charge on any atom is -0.463 e. The van der Waals surface area contributed by atoms with E-state index in [4.69, 9.17) is 4.74 Å². The molecule has 1 atom stereocenters. The lowest BCUT2D eigenvalue weighted by molar-refractivity contribution is -0.146. The first-order valence-corrected chi connectivity index (χ1v) is 11.8. The van der Waals surface area contributed by atoms with Crippen molar-refractivity contribution in [2.75, 3.05) is 11.0 Å². The number of ether oxygens (including phenoxy) is 1. The molecule has 0 rings (SSSR count). The lowest BCUT2D eigenvalue weighted by Gasteiger charge is -2.08. The van der Waals surface area contributed by atoms with Gasteiger partial charge in [0.1, 0.15) is 6.61 Å². The molecule has 0 aliphatic carbocycles. The Morgan fingerprint density at radius 3 is 2.00 bits per heavy atom. The zero-order valence-electron chi connectivity index (χ0n) is 16.2. The van der Waals surface area contributed by atoms with Crippen LogP contribution in [0.3, 0.4) is 0 Å². The maximum atomic E-state index is 11.5. The van der Waals surface area contributed by atoms with Crippen LogP contribution in [0.2, 0.25) is 0 Å². The molecule has 3 nitrogen and oxygen atoms in total. The maximum absolute atomic E-state index is 11.5. The monoisotopic (exact) mass is 466 g/mol. The van der Waals surface area contributed by atoms with E-state index >= 15 is 0 Å². The Morgan fingerprint density at radius 2 is 1.44 bits per heavy atom. The van der Waals surface area contributed by atoms with E-state index in [2.05, 4.69) is 41.7 Å². The summed E-state index contributed by atoms with van der Waals surface area (Å²) in [5.41, 5.74) is 0. The summed E-state index contributed by atoms with van der Waals surface area (Å²) in [4.78, 5) is 11.5. The number of esters is 1. The predicted molar refractivity (Wildman–Crippen MR) is 115 cm³/mol. The van der Waals surface area contributed by atoms with Crippen molar-refractivity contribution in [2.24, 2.45) is 0 Å². The van der Waals surface area contributed by atoms with Gasteiger partial charge in [0.25, 0.3) is 0 Å². The van der Waals surface area contributed by atoms with Crippen molar-refractivity contribution in [3.05, 3.63) is 12.2 Å². The topological polar surface area (TPSA) is 46.5 Å². The molecule has 0 aromatic rings. The van der Waals surface area contributed by atoms with Gasteiger partial charge in [-0.15, -0.1) is 0 Å². The molecule has 0 aliphatic heterocycles. The number of carbonyl (C=O) groups excluding carboxylic acids is 1. The lowest BCUT2D eigenvalue weighted by Crippen LogP contribution is -2.19. The molecule has 0 radical (unpaired) electrons. The molecule has 0 spiro atoms. The zero-order chi connectivity index (χ0) is 18.6. The van der Waals surface area contributed by atoms with Crippen LogP contribution in [0.15, 0.2) is 12.2 Å². The second kappa shape index (κ2) is 20.2. The Kier molecular flexibility index (Phi) is 20.1. The summed E-state index contributed by atoms with van der Waals surface area (Å²) < 4.78 is 5.61. The highest BCUT2D eigenvalue weighted by atomic mass is 127. The summed E-state index contributed by atoms with van der Waals surface area (Å²) >= 11 is 2.08. The molecule has 0 saturated carbocycles. The van der Waals surface area contributed by atoms with Gasteiger partial charge in [-0.2, -0.15) is 0 Å². The summed E-state index contributed by atoms with van der Waals surface area (Å²) in [6, 6.07) is 0. The van der Waals surface area contributed by atoms with Gasteiger partial charge >= 0.3 is 5.97 Å². The third kappa shape index (κ3) is 20.1. The second-order valence-corrected chi connectivity index (χ2v) is 7.71. The van der Waals surface area contributed by atoms with Gasteiger partial charge in [-0.25, -0.2) is 0 Å². The number of hydrogen-bond donors (Lipinski definition) is 1. The van der Waals surface area contributed by atoms with Crippen LogP contribution in [0, 0.1) is 0 Å². The minimum absolute atomic E-state index is 0.132.